The lowest BCUT2D eigenvalue weighted by Crippen LogP contribution is -2.26. The van der Waals surface area contributed by atoms with Gasteiger partial charge in [-0.15, -0.1) is 0 Å². The molecule has 0 aromatic heterocycles. The van der Waals surface area contributed by atoms with Crippen molar-refractivity contribution in [2.75, 3.05) is 20.3 Å². The molecule has 1 fully saturated rings. The Labute approximate surface area is 74.4 Å². The molecule has 1 rings (SSSR count). The largest absolute Gasteiger partial charge is 0.383 e. The Balaban J connectivity index is 2.16. The summed E-state index contributed by atoms with van der Waals surface area (Å²) in [6.07, 6.45) is 1.79. The molecule has 1 aliphatic rings. The Bertz CT molecular complexity index is 128. The summed E-state index contributed by atoms with van der Waals surface area (Å²) in [5, 5.41) is 3.36. The monoisotopic (exact) mass is 173 g/mol. The number of hydrogen-bond acceptors (Lipinski definition) is 3. The molecule has 12 heavy (non-hydrogen) atoms. The van der Waals surface area contributed by atoms with Gasteiger partial charge in [-0.1, -0.05) is 0 Å². The van der Waals surface area contributed by atoms with Gasteiger partial charge in [0.2, 0.25) is 0 Å². The quantitative estimate of drug-likeness (QED) is 0.681. The lowest BCUT2D eigenvalue weighted by atomic mass is 10.2. The first-order valence-corrected chi connectivity index (χ1v) is 4.60. The Morgan fingerprint density at radius 1 is 1.50 bits per heavy atom. The van der Waals surface area contributed by atoms with Gasteiger partial charge in [-0.05, 0) is 20.3 Å². The molecule has 72 valence electrons. The Kier molecular flexibility index (Phi) is 3.98. The topological polar surface area (TPSA) is 30.5 Å². The maximum atomic E-state index is 5.67. The summed E-state index contributed by atoms with van der Waals surface area (Å²) < 4.78 is 10.7. The van der Waals surface area contributed by atoms with Gasteiger partial charge >= 0.3 is 0 Å². The van der Waals surface area contributed by atoms with E-state index in [1.165, 1.54) is 0 Å². The molecule has 2 atom stereocenters. The maximum absolute atomic E-state index is 5.67. The van der Waals surface area contributed by atoms with Crippen LogP contribution in [0.25, 0.3) is 0 Å². The van der Waals surface area contributed by atoms with Gasteiger partial charge < -0.3 is 14.8 Å². The van der Waals surface area contributed by atoms with E-state index in [1.54, 1.807) is 7.11 Å². The zero-order valence-corrected chi connectivity index (χ0v) is 8.17. The standard InChI is InChI=1S/C9H19NO2/c1-7(2)12-9-4-8(6-11-3)10-5-9/h7-10H,4-6H2,1-3H3. The lowest BCUT2D eigenvalue weighted by Gasteiger charge is -2.13. The molecule has 1 saturated heterocycles. The number of methoxy groups -OCH3 is 1. The molecule has 0 bridgehead atoms. The highest BCUT2D eigenvalue weighted by Gasteiger charge is 2.24. The second-order valence-corrected chi connectivity index (χ2v) is 3.60. The third-order valence-corrected chi connectivity index (χ3v) is 2.01. The number of hydrogen-bond donors (Lipinski definition) is 1. The smallest absolute Gasteiger partial charge is 0.0718 e. The van der Waals surface area contributed by atoms with Crippen LogP contribution in [0.15, 0.2) is 0 Å². The summed E-state index contributed by atoms with van der Waals surface area (Å²) in [5.41, 5.74) is 0. The van der Waals surface area contributed by atoms with E-state index in [4.69, 9.17) is 9.47 Å². The average Bonchev–Trinajstić information content (AvgIpc) is 2.36. The van der Waals surface area contributed by atoms with Crippen LogP contribution in [0, 0.1) is 0 Å². The van der Waals surface area contributed by atoms with Crippen molar-refractivity contribution in [3.8, 4) is 0 Å². The van der Waals surface area contributed by atoms with E-state index in [0.717, 1.165) is 19.6 Å². The first-order valence-electron chi connectivity index (χ1n) is 4.60. The van der Waals surface area contributed by atoms with E-state index in [1.807, 2.05) is 0 Å². The van der Waals surface area contributed by atoms with Crippen LogP contribution in [0.3, 0.4) is 0 Å². The SMILES string of the molecule is COCC1CC(OC(C)C)CN1. The maximum Gasteiger partial charge on any atom is 0.0718 e. The van der Waals surface area contributed by atoms with E-state index in [0.29, 0.717) is 18.2 Å². The summed E-state index contributed by atoms with van der Waals surface area (Å²) >= 11 is 0. The van der Waals surface area contributed by atoms with Crippen LogP contribution in [0.2, 0.25) is 0 Å². The Hall–Kier alpha value is -0.120. The second-order valence-electron chi connectivity index (χ2n) is 3.60. The van der Waals surface area contributed by atoms with E-state index >= 15 is 0 Å². The summed E-state index contributed by atoms with van der Waals surface area (Å²) in [6, 6.07) is 0.485. The molecule has 0 aliphatic carbocycles. The predicted molar refractivity (Wildman–Crippen MR) is 48.3 cm³/mol. The molecule has 2 unspecified atom stereocenters. The van der Waals surface area contributed by atoms with Crippen molar-refractivity contribution in [2.24, 2.45) is 0 Å². The van der Waals surface area contributed by atoms with Crippen LogP contribution in [-0.4, -0.2) is 38.5 Å². The van der Waals surface area contributed by atoms with Gasteiger partial charge in [-0.3, -0.25) is 0 Å². The van der Waals surface area contributed by atoms with Crippen LogP contribution in [-0.2, 0) is 9.47 Å². The normalized spacial score (nSPS) is 30.0. The molecule has 1 aliphatic heterocycles. The van der Waals surface area contributed by atoms with Gasteiger partial charge in [0.05, 0.1) is 18.8 Å². The zero-order valence-electron chi connectivity index (χ0n) is 8.17. The average molecular weight is 173 g/mol. The van der Waals surface area contributed by atoms with E-state index in [9.17, 15) is 0 Å². The van der Waals surface area contributed by atoms with Crippen molar-refractivity contribution in [2.45, 2.75) is 38.5 Å². The molecular formula is C9H19NO2. The van der Waals surface area contributed by atoms with Crippen LogP contribution >= 0.6 is 0 Å². The minimum absolute atomic E-state index is 0.332. The van der Waals surface area contributed by atoms with Gasteiger partial charge in [0.25, 0.3) is 0 Å². The zero-order chi connectivity index (χ0) is 8.97. The minimum atomic E-state index is 0.332. The summed E-state index contributed by atoms with van der Waals surface area (Å²) in [7, 11) is 1.73. The van der Waals surface area contributed by atoms with Crippen molar-refractivity contribution in [3.63, 3.8) is 0 Å². The number of nitrogens with one attached hydrogen (secondary N) is 1. The van der Waals surface area contributed by atoms with E-state index < -0.39 is 0 Å². The fourth-order valence-electron chi connectivity index (χ4n) is 1.60. The van der Waals surface area contributed by atoms with Crippen LogP contribution in [0.4, 0.5) is 0 Å². The van der Waals surface area contributed by atoms with E-state index in [-0.39, 0.29) is 0 Å². The highest BCUT2D eigenvalue weighted by atomic mass is 16.5. The highest BCUT2D eigenvalue weighted by molar-refractivity contribution is 4.82. The molecule has 1 N–H and O–H groups in total. The predicted octanol–water partition coefficient (Wildman–Crippen LogP) is 0.788. The van der Waals surface area contributed by atoms with E-state index in [2.05, 4.69) is 19.2 Å². The fourth-order valence-corrected chi connectivity index (χ4v) is 1.60. The highest BCUT2D eigenvalue weighted by Crippen LogP contribution is 2.12. The first-order chi connectivity index (χ1) is 5.72. The number of rotatable bonds is 4. The van der Waals surface area contributed by atoms with Gasteiger partial charge in [-0.25, -0.2) is 0 Å². The minimum Gasteiger partial charge on any atom is -0.383 e. The Morgan fingerprint density at radius 2 is 2.25 bits per heavy atom. The van der Waals surface area contributed by atoms with Gasteiger partial charge in [0.15, 0.2) is 0 Å². The summed E-state index contributed by atoms with van der Waals surface area (Å²) in [4.78, 5) is 0. The van der Waals surface area contributed by atoms with Crippen molar-refractivity contribution < 1.29 is 9.47 Å². The van der Waals surface area contributed by atoms with Crippen LogP contribution < -0.4 is 5.32 Å². The van der Waals surface area contributed by atoms with Crippen molar-refractivity contribution in [3.05, 3.63) is 0 Å². The second kappa shape index (κ2) is 4.80. The third kappa shape index (κ3) is 3.09. The van der Waals surface area contributed by atoms with Gasteiger partial charge in [0.1, 0.15) is 0 Å². The van der Waals surface area contributed by atoms with Crippen molar-refractivity contribution in [1.82, 2.24) is 5.32 Å². The summed E-state index contributed by atoms with van der Waals surface area (Å²) in [5.74, 6) is 0. The molecule has 0 radical (unpaired) electrons. The fraction of sp³-hybridized carbons (Fsp3) is 1.00. The van der Waals surface area contributed by atoms with Gasteiger partial charge in [-0.2, -0.15) is 0 Å². The molecule has 3 nitrogen and oxygen atoms in total. The molecule has 0 spiro atoms. The molecular weight excluding hydrogens is 154 g/mol. The molecule has 1 heterocycles. The molecule has 0 aromatic carbocycles. The van der Waals surface area contributed by atoms with Crippen LogP contribution in [0.5, 0.6) is 0 Å². The molecule has 0 aromatic rings. The third-order valence-electron chi connectivity index (χ3n) is 2.01. The lowest BCUT2D eigenvalue weighted by molar-refractivity contribution is 0.0172. The first kappa shape index (κ1) is 9.96. The molecule has 0 amide bonds. The molecule has 0 saturated carbocycles. The number of ether oxygens (including phenoxy) is 2. The van der Waals surface area contributed by atoms with Gasteiger partial charge in [0, 0.05) is 19.7 Å². The molecule has 3 heteroatoms. The van der Waals surface area contributed by atoms with Crippen molar-refractivity contribution >= 4 is 0 Å². The van der Waals surface area contributed by atoms with Crippen molar-refractivity contribution in [1.29, 1.82) is 0 Å². The summed E-state index contributed by atoms with van der Waals surface area (Å²) in [6.45, 7) is 5.90. The Morgan fingerprint density at radius 3 is 2.83 bits per heavy atom. The van der Waals surface area contributed by atoms with Crippen LogP contribution in [0.1, 0.15) is 20.3 Å².